The van der Waals surface area contributed by atoms with Crippen molar-refractivity contribution in [2.75, 3.05) is 112 Å². The number of aliphatic carboxylic acids is 1. The molecule has 0 fully saturated rings. The summed E-state index contributed by atoms with van der Waals surface area (Å²) in [6, 6.07) is 0. The molecule has 12 heteroatoms. The van der Waals surface area contributed by atoms with Gasteiger partial charge in [0.15, 0.2) is 0 Å². The van der Waals surface area contributed by atoms with Gasteiger partial charge in [0.25, 0.3) is 0 Å². The molecule has 0 saturated heterocycles. The van der Waals surface area contributed by atoms with Crippen LogP contribution < -0.4 is 0 Å². The second-order valence-electron chi connectivity index (χ2n) is 6.60. The molecule has 0 rings (SSSR count). The highest BCUT2D eigenvalue weighted by molar-refractivity contribution is 5.69. The summed E-state index contributed by atoms with van der Waals surface area (Å²) in [7, 11) is 0. The molecule has 0 aliphatic carbocycles. The molecule has 0 aromatic carbocycles. The van der Waals surface area contributed by atoms with Gasteiger partial charge in [0, 0.05) is 0 Å². The highest BCUT2D eigenvalue weighted by Crippen LogP contribution is 1.89. The molecule has 0 amide bonds. The van der Waals surface area contributed by atoms with Crippen LogP contribution in [0.5, 0.6) is 0 Å². The SMILES string of the molecule is CCOC(=O)CCOCCOCCOCCOCCOCCOCCOCCOCCC(=O)O. The van der Waals surface area contributed by atoms with Crippen molar-refractivity contribution in [3.8, 4) is 0 Å². The number of hydrogen-bond donors (Lipinski definition) is 1. The van der Waals surface area contributed by atoms with E-state index in [9.17, 15) is 9.59 Å². The van der Waals surface area contributed by atoms with E-state index in [0.717, 1.165) is 0 Å². The van der Waals surface area contributed by atoms with E-state index in [0.29, 0.717) is 106 Å². The van der Waals surface area contributed by atoms with Gasteiger partial charge < -0.3 is 47.7 Å². The lowest BCUT2D eigenvalue weighted by atomic mass is 10.5. The fraction of sp³-hybridized carbons (Fsp3) is 0.909. The quantitative estimate of drug-likeness (QED) is 0.119. The minimum Gasteiger partial charge on any atom is -0.481 e. The molecule has 1 N–H and O–H groups in total. The average molecular weight is 499 g/mol. The van der Waals surface area contributed by atoms with Crippen molar-refractivity contribution in [1.29, 1.82) is 0 Å². The van der Waals surface area contributed by atoms with Crippen LogP contribution in [0, 0.1) is 0 Å². The first-order valence-electron chi connectivity index (χ1n) is 11.7. The smallest absolute Gasteiger partial charge is 0.308 e. The fourth-order valence-electron chi connectivity index (χ4n) is 2.19. The summed E-state index contributed by atoms with van der Waals surface area (Å²) < 4.78 is 47.4. The van der Waals surface area contributed by atoms with Crippen molar-refractivity contribution < 1.29 is 57.3 Å². The Hall–Kier alpha value is -1.38. The molecule has 0 heterocycles. The van der Waals surface area contributed by atoms with Crippen LogP contribution in [-0.4, -0.2) is 129 Å². The minimum absolute atomic E-state index is 0.00256. The van der Waals surface area contributed by atoms with E-state index >= 15 is 0 Å². The van der Waals surface area contributed by atoms with Crippen molar-refractivity contribution in [2.45, 2.75) is 19.8 Å². The van der Waals surface area contributed by atoms with Crippen LogP contribution in [-0.2, 0) is 52.2 Å². The molecular weight excluding hydrogens is 456 g/mol. The van der Waals surface area contributed by atoms with Crippen LogP contribution >= 0.6 is 0 Å². The van der Waals surface area contributed by atoms with Crippen molar-refractivity contribution >= 4 is 11.9 Å². The summed E-state index contributed by atoms with van der Waals surface area (Å²) in [5.74, 6) is -1.13. The van der Waals surface area contributed by atoms with E-state index in [-0.39, 0.29) is 25.4 Å². The Balaban J connectivity index is 3.05. The van der Waals surface area contributed by atoms with Crippen LogP contribution in [0.2, 0.25) is 0 Å². The molecule has 0 aromatic heterocycles. The number of carboxylic acids is 1. The Kier molecular flexibility index (Phi) is 26.7. The zero-order valence-corrected chi connectivity index (χ0v) is 20.4. The van der Waals surface area contributed by atoms with Gasteiger partial charge in [-0.2, -0.15) is 0 Å². The number of hydrogen-bond acceptors (Lipinski definition) is 11. The summed E-state index contributed by atoms with van der Waals surface area (Å²) in [5, 5.41) is 8.45. The van der Waals surface area contributed by atoms with Crippen molar-refractivity contribution in [2.24, 2.45) is 0 Å². The van der Waals surface area contributed by atoms with Crippen molar-refractivity contribution in [3.05, 3.63) is 0 Å². The number of carbonyl (C=O) groups is 2. The Labute approximate surface area is 202 Å². The summed E-state index contributed by atoms with van der Waals surface area (Å²) in [4.78, 5) is 21.4. The number of ether oxygens (including phenoxy) is 9. The predicted molar refractivity (Wildman–Crippen MR) is 120 cm³/mol. The molecule has 202 valence electrons. The maximum absolute atomic E-state index is 11.1. The first-order valence-corrected chi connectivity index (χ1v) is 11.7. The van der Waals surface area contributed by atoms with E-state index in [4.69, 9.17) is 47.7 Å². The third-order valence-corrected chi connectivity index (χ3v) is 3.82. The Morgan fingerprint density at radius 1 is 0.471 bits per heavy atom. The van der Waals surface area contributed by atoms with Gasteiger partial charge in [-0.25, -0.2) is 0 Å². The maximum atomic E-state index is 11.1. The Morgan fingerprint density at radius 2 is 0.735 bits per heavy atom. The van der Waals surface area contributed by atoms with Crippen LogP contribution in [0.1, 0.15) is 19.8 Å². The predicted octanol–water partition coefficient (Wildman–Crippen LogP) is 0.547. The molecule has 0 atom stereocenters. The molecule has 0 saturated carbocycles. The first kappa shape index (κ1) is 32.6. The normalized spacial score (nSPS) is 11.1. The highest BCUT2D eigenvalue weighted by atomic mass is 16.6. The van der Waals surface area contributed by atoms with Gasteiger partial charge >= 0.3 is 11.9 Å². The van der Waals surface area contributed by atoms with E-state index < -0.39 is 5.97 Å². The summed E-state index contributed by atoms with van der Waals surface area (Å²) >= 11 is 0. The third kappa shape index (κ3) is 28.7. The molecular formula is C22H42O12. The van der Waals surface area contributed by atoms with Crippen LogP contribution in [0.15, 0.2) is 0 Å². The fourth-order valence-corrected chi connectivity index (χ4v) is 2.19. The standard InChI is InChI=1S/C22H42O12/c1-2-34-22(25)4-6-27-8-10-29-12-14-31-16-18-33-20-19-32-17-15-30-13-11-28-9-7-26-5-3-21(23)24/h2-20H2,1H3,(H,23,24). The monoisotopic (exact) mass is 498 g/mol. The summed E-state index contributed by atoms with van der Waals surface area (Å²) in [5.41, 5.74) is 0. The van der Waals surface area contributed by atoms with Crippen molar-refractivity contribution in [3.63, 3.8) is 0 Å². The van der Waals surface area contributed by atoms with E-state index in [1.807, 2.05) is 0 Å². The third-order valence-electron chi connectivity index (χ3n) is 3.82. The second kappa shape index (κ2) is 27.9. The van der Waals surface area contributed by atoms with Gasteiger partial charge in [-0.15, -0.1) is 0 Å². The highest BCUT2D eigenvalue weighted by Gasteiger charge is 2.01. The lowest BCUT2D eigenvalue weighted by Gasteiger charge is -2.08. The van der Waals surface area contributed by atoms with E-state index in [1.54, 1.807) is 6.92 Å². The van der Waals surface area contributed by atoms with Gasteiger partial charge in [0.05, 0.1) is 125 Å². The molecule has 12 nitrogen and oxygen atoms in total. The van der Waals surface area contributed by atoms with Gasteiger partial charge in [-0.3, -0.25) is 9.59 Å². The largest absolute Gasteiger partial charge is 0.481 e. The van der Waals surface area contributed by atoms with Crippen LogP contribution in [0.25, 0.3) is 0 Å². The average Bonchev–Trinajstić information content (AvgIpc) is 2.81. The van der Waals surface area contributed by atoms with E-state index in [1.165, 1.54) is 0 Å². The molecule has 0 spiro atoms. The molecule has 0 bridgehead atoms. The van der Waals surface area contributed by atoms with Crippen LogP contribution in [0.3, 0.4) is 0 Å². The lowest BCUT2D eigenvalue weighted by Crippen LogP contribution is -2.15. The van der Waals surface area contributed by atoms with Crippen LogP contribution in [0.4, 0.5) is 0 Å². The first-order chi connectivity index (χ1) is 16.7. The molecule has 0 aliphatic rings. The minimum atomic E-state index is -0.876. The number of carboxylic acid groups (broad SMARTS) is 1. The van der Waals surface area contributed by atoms with Gasteiger partial charge in [-0.1, -0.05) is 0 Å². The van der Waals surface area contributed by atoms with Gasteiger partial charge in [-0.05, 0) is 6.92 Å². The molecule has 0 aromatic rings. The number of rotatable bonds is 28. The molecule has 34 heavy (non-hydrogen) atoms. The Morgan fingerprint density at radius 3 is 1.00 bits per heavy atom. The second-order valence-corrected chi connectivity index (χ2v) is 6.60. The molecule has 0 unspecified atom stereocenters. The van der Waals surface area contributed by atoms with E-state index in [2.05, 4.69) is 0 Å². The molecule has 0 radical (unpaired) electrons. The zero-order valence-electron chi connectivity index (χ0n) is 20.4. The maximum Gasteiger partial charge on any atom is 0.308 e. The van der Waals surface area contributed by atoms with Gasteiger partial charge in [0.2, 0.25) is 0 Å². The number of esters is 1. The topological polar surface area (TPSA) is 137 Å². The zero-order chi connectivity index (χ0) is 25.0. The number of carbonyl (C=O) groups excluding carboxylic acids is 1. The van der Waals surface area contributed by atoms with Gasteiger partial charge in [0.1, 0.15) is 0 Å². The lowest BCUT2D eigenvalue weighted by molar-refractivity contribution is -0.144. The summed E-state index contributed by atoms with van der Waals surface area (Å²) in [6.07, 6.45) is 0.250. The molecule has 0 aliphatic heterocycles. The Bertz CT molecular complexity index is 450. The van der Waals surface area contributed by atoms with Crippen molar-refractivity contribution in [1.82, 2.24) is 0 Å². The summed E-state index contributed by atoms with van der Waals surface area (Å²) in [6.45, 7) is 9.02.